The van der Waals surface area contributed by atoms with E-state index in [0.717, 1.165) is 6.42 Å². The number of carbonyl (C=O) groups is 2. The second-order valence-corrected chi connectivity index (χ2v) is 6.28. The van der Waals surface area contributed by atoms with Gasteiger partial charge in [0.25, 0.3) is 5.91 Å². The van der Waals surface area contributed by atoms with Gasteiger partial charge in [0.1, 0.15) is 5.75 Å². The second kappa shape index (κ2) is 7.20. The molecule has 1 heterocycles. The fraction of sp³-hybridized carbons (Fsp3) is 0.467. The van der Waals surface area contributed by atoms with Crippen LogP contribution in [-0.2, 0) is 9.59 Å². The third-order valence-corrected chi connectivity index (χ3v) is 4.40. The summed E-state index contributed by atoms with van der Waals surface area (Å²) in [6.07, 6.45) is 1.46. The first-order valence-electron chi connectivity index (χ1n) is 7.05. The van der Waals surface area contributed by atoms with Gasteiger partial charge >= 0.3 is 0 Å². The number of carbonyl (C=O) groups excluding carboxylic acids is 2. The Morgan fingerprint density at radius 3 is 2.77 bits per heavy atom. The molecule has 1 aliphatic heterocycles. The summed E-state index contributed by atoms with van der Waals surface area (Å²) >= 11 is 11.9. The van der Waals surface area contributed by atoms with Crippen molar-refractivity contribution in [2.24, 2.45) is 11.7 Å². The van der Waals surface area contributed by atoms with Gasteiger partial charge in [0.15, 0.2) is 6.61 Å². The lowest BCUT2D eigenvalue weighted by Crippen LogP contribution is -2.50. The van der Waals surface area contributed by atoms with Gasteiger partial charge in [-0.2, -0.15) is 0 Å². The smallest absolute Gasteiger partial charge is 0.260 e. The predicted molar refractivity (Wildman–Crippen MR) is 85.1 cm³/mol. The van der Waals surface area contributed by atoms with E-state index in [0.29, 0.717) is 28.8 Å². The molecule has 1 saturated heterocycles. The Labute approximate surface area is 139 Å². The Bertz CT molecular complexity index is 580. The molecule has 2 rings (SSSR count). The van der Waals surface area contributed by atoms with Gasteiger partial charge in [0.2, 0.25) is 5.91 Å². The molecule has 7 heteroatoms. The van der Waals surface area contributed by atoms with Crippen LogP contribution in [0.3, 0.4) is 0 Å². The van der Waals surface area contributed by atoms with E-state index in [2.05, 4.69) is 0 Å². The number of nitrogens with two attached hydrogens (primary N) is 1. The molecular weight excluding hydrogens is 327 g/mol. The van der Waals surface area contributed by atoms with E-state index in [-0.39, 0.29) is 30.4 Å². The minimum Gasteiger partial charge on any atom is -0.482 e. The van der Waals surface area contributed by atoms with Crippen molar-refractivity contribution in [1.29, 1.82) is 0 Å². The molecule has 0 radical (unpaired) electrons. The summed E-state index contributed by atoms with van der Waals surface area (Å²) in [5.41, 5.74) is 5.34. The first-order valence-corrected chi connectivity index (χ1v) is 7.80. The zero-order chi connectivity index (χ0) is 16.3. The maximum absolute atomic E-state index is 12.3. The lowest BCUT2D eigenvalue weighted by molar-refractivity contribution is -0.139. The maximum Gasteiger partial charge on any atom is 0.260 e. The fourth-order valence-corrected chi connectivity index (χ4v) is 2.83. The molecule has 2 atom stereocenters. The van der Waals surface area contributed by atoms with Crippen LogP contribution in [0.25, 0.3) is 0 Å². The van der Waals surface area contributed by atoms with Crippen LogP contribution in [0.5, 0.6) is 5.75 Å². The molecule has 22 heavy (non-hydrogen) atoms. The van der Waals surface area contributed by atoms with E-state index in [9.17, 15) is 9.59 Å². The molecule has 2 amide bonds. The average Bonchev–Trinajstić information content (AvgIpc) is 2.48. The van der Waals surface area contributed by atoms with Crippen molar-refractivity contribution in [2.45, 2.75) is 25.8 Å². The highest BCUT2D eigenvalue weighted by Crippen LogP contribution is 2.28. The highest BCUT2D eigenvalue weighted by molar-refractivity contribution is 6.34. The molecule has 0 aliphatic carbocycles. The molecule has 1 aliphatic rings. The van der Waals surface area contributed by atoms with E-state index in [1.54, 1.807) is 23.1 Å². The summed E-state index contributed by atoms with van der Waals surface area (Å²) in [6.45, 7) is 2.12. The van der Waals surface area contributed by atoms with Crippen LogP contribution >= 0.6 is 23.2 Å². The molecule has 0 spiro atoms. The SMILES string of the molecule is C[C@@H]1CC[C@@H](C(N)=O)CN1C(=O)COc1cc(Cl)ccc1Cl. The highest BCUT2D eigenvalue weighted by Gasteiger charge is 2.31. The van der Waals surface area contributed by atoms with Crippen molar-refractivity contribution < 1.29 is 14.3 Å². The van der Waals surface area contributed by atoms with Crippen molar-refractivity contribution in [3.8, 4) is 5.75 Å². The van der Waals surface area contributed by atoms with Crippen LogP contribution in [0.2, 0.25) is 10.0 Å². The Kier molecular flexibility index (Phi) is 5.53. The lowest BCUT2D eigenvalue weighted by Gasteiger charge is -2.36. The number of primary amides is 1. The first kappa shape index (κ1) is 16.9. The summed E-state index contributed by atoms with van der Waals surface area (Å²) in [5.74, 6) is -0.508. The van der Waals surface area contributed by atoms with Gasteiger partial charge < -0.3 is 15.4 Å². The highest BCUT2D eigenvalue weighted by atomic mass is 35.5. The summed E-state index contributed by atoms with van der Waals surface area (Å²) in [5, 5.41) is 0.867. The number of likely N-dealkylation sites (tertiary alicyclic amines) is 1. The van der Waals surface area contributed by atoms with E-state index in [1.807, 2.05) is 6.92 Å². The molecule has 1 fully saturated rings. The molecule has 120 valence electrons. The van der Waals surface area contributed by atoms with Gasteiger partial charge in [0, 0.05) is 23.7 Å². The van der Waals surface area contributed by atoms with Gasteiger partial charge in [0.05, 0.1) is 10.9 Å². The van der Waals surface area contributed by atoms with Crippen LogP contribution in [0.4, 0.5) is 0 Å². The molecule has 2 N–H and O–H groups in total. The van der Waals surface area contributed by atoms with Crippen molar-refractivity contribution in [1.82, 2.24) is 4.90 Å². The van der Waals surface area contributed by atoms with Gasteiger partial charge in [-0.3, -0.25) is 9.59 Å². The quantitative estimate of drug-likeness (QED) is 0.911. The monoisotopic (exact) mass is 344 g/mol. The molecule has 5 nitrogen and oxygen atoms in total. The largest absolute Gasteiger partial charge is 0.482 e. The first-order chi connectivity index (χ1) is 10.4. The fourth-order valence-electron chi connectivity index (χ4n) is 2.50. The van der Waals surface area contributed by atoms with E-state index < -0.39 is 0 Å². The zero-order valence-electron chi connectivity index (χ0n) is 12.2. The van der Waals surface area contributed by atoms with Gasteiger partial charge in [-0.1, -0.05) is 23.2 Å². The normalized spacial score (nSPS) is 21.5. The third kappa shape index (κ3) is 4.05. The summed E-state index contributed by atoms with van der Waals surface area (Å²) in [7, 11) is 0. The molecule has 1 aromatic rings. The number of amides is 2. The minimum atomic E-state index is -0.372. The van der Waals surface area contributed by atoms with Gasteiger partial charge in [-0.05, 0) is 31.9 Å². The lowest BCUT2D eigenvalue weighted by atomic mass is 9.93. The standard InChI is InChI=1S/C15H18Cl2N2O3/c1-9-2-3-10(15(18)21)7-19(9)14(20)8-22-13-6-11(16)4-5-12(13)17/h4-6,9-10H,2-3,7-8H2,1H3,(H2,18,21)/t9-,10-/m1/s1. The number of hydrogen-bond acceptors (Lipinski definition) is 3. The predicted octanol–water partition coefficient (Wildman–Crippen LogP) is 2.48. The Morgan fingerprint density at radius 2 is 2.09 bits per heavy atom. The number of rotatable bonds is 4. The van der Waals surface area contributed by atoms with Crippen LogP contribution < -0.4 is 10.5 Å². The Balaban J connectivity index is 1.98. The number of nitrogens with zero attached hydrogens (tertiary/aromatic N) is 1. The number of halogens is 2. The topological polar surface area (TPSA) is 72.6 Å². The zero-order valence-corrected chi connectivity index (χ0v) is 13.7. The molecule has 0 bridgehead atoms. The second-order valence-electron chi connectivity index (χ2n) is 5.44. The van der Waals surface area contributed by atoms with E-state index in [1.165, 1.54) is 0 Å². The van der Waals surface area contributed by atoms with E-state index in [4.69, 9.17) is 33.7 Å². The van der Waals surface area contributed by atoms with Crippen LogP contribution in [0, 0.1) is 5.92 Å². The van der Waals surface area contributed by atoms with Gasteiger partial charge in [-0.15, -0.1) is 0 Å². The number of piperidine rings is 1. The average molecular weight is 345 g/mol. The van der Waals surface area contributed by atoms with Gasteiger partial charge in [-0.25, -0.2) is 0 Å². The van der Waals surface area contributed by atoms with E-state index >= 15 is 0 Å². The molecular formula is C15H18Cl2N2O3. The van der Waals surface area contributed by atoms with Crippen LogP contribution in [-0.4, -0.2) is 35.9 Å². The number of ether oxygens (including phenoxy) is 1. The summed E-state index contributed by atoms with van der Waals surface area (Å²) in [4.78, 5) is 25.3. The van der Waals surface area contributed by atoms with Crippen molar-refractivity contribution >= 4 is 35.0 Å². The number of hydrogen-bond donors (Lipinski definition) is 1. The molecule has 0 saturated carbocycles. The van der Waals surface area contributed by atoms with Crippen molar-refractivity contribution in [3.05, 3.63) is 28.2 Å². The van der Waals surface area contributed by atoms with Crippen molar-refractivity contribution in [2.75, 3.05) is 13.2 Å². The molecule has 1 aromatic carbocycles. The third-order valence-electron chi connectivity index (χ3n) is 3.85. The van der Waals surface area contributed by atoms with Crippen molar-refractivity contribution in [3.63, 3.8) is 0 Å². The molecule has 0 aromatic heterocycles. The minimum absolute atomic E-state index is 0.0570. The Morgan fingerprint density at radius 1 is 1.36 bits per heavy atom. The van der Waals surface area contributed by atoms with Crippen LogP contribution in [0.1, 0.15) is 19.8 Å². The summed E-state index contributed by atoms with van der Waals surface area (Å²) < 4.78 is 5.45. The molecule has 0 unspecified atom stereocenters. The van der Waals surface area contributed by atoms with Crippen LogP contribution in [0.15, 0.2) is 18.2 Å². The number of benzene rings is 1. The Hall–Kier alpha value is -1.46. The summed E-state index contributed by atoms with van der Waals surface area (Å²) in [6, 6.07) is 4.86. The maximum atomic E-state index is 12.3.